The van der Waals surface area contributed by atoms with E-state index in [2.05, 4.69) is 26.3 Å². The molecule has 3 fully saturated rings. The van der Waals surface area contributed by atoms with Gasteiger partial charge in [-0.3, -0.25) is 9.59 Å². The Bertz CT molecular complexity index is 882. The lowest BCUT2D eigenvalue weighted by Gasteiger charge is -2.28. The molecule has 1 aliphatic heterocycles. The third-order valence-electron chi connectivity index (χ3n) is 5.81. The SMILES string of the molecule is C=C(OC(C)=O)C(=O)O[C@H]1CC(=C)[C@@H]2C[C@H](OC(C)=O)C(=C)[C@@H]2[C@H]2OC(=O)C(=C)[C@@H]21. The highest BCUT2D eigenvalue weighted by atomic mass is 16.6. The van der Waals surface area contributed by atoms with Crippen LogP contribution in [-0.4, -0.2) is 42.2 Å². The van der Waals surface area contributed by atoms with Crippen molar-refractivity contribution in [3.05, 3.63) is 48.8 Å². The maximum absolute atomic E-state index is 12.4. The molecule has 0 aromatic heterocycles. The monoisotopic (exact) mass is 416 g/mol. The molecule has 8 nitrogen and oxygen atoms in total. The van der Waals surface area contributed by atoms with E-state index in [9.17, 15) is 19.2 Å². The van der Waals surface area contributed by atoms with Crippen molar-refractivity contribution >= 4 is 23.9 Å². The van der Waals surface area contributed by atoms with Gasteiger partial charge in [-0.1, -0.05) is 25.3 Å². The molecular weight excluding hydrogens is 392 g/mol. The molecule has 8 heteroatoms. The van der Waals surface area contributed by atoms with Gasteiger partial charge < -0.3 is 18.9 Å². The van der Waals surface area contributed by atoms with Crippen molar-refractivity contribution < 1.29 is 38.1 Å². The van der Waals surface area contributed by atoms with Crippen LogP contribution in [0, 0.1) is 17.8 Å². The maximum Gasteiger partial charge on any atom is 0.374 e. The third-order valence-corrected chi connectivity index (χ3v) is 5.81. The molecule has 2 aliphatic carbocycles. The second-order valence-corrected chi connectivity index (χ2v) is 7.78. The average molecular weight is 416 g/mol. The molecule has 0 bridgehead atoms. The van der Waals surface area contributed by atoms with Crippen molar-refractivity contribution in [2.24, 2.45) is 17.8 Å². The normalized spacial score (nSPS) is 32.5. The van der Waals surface area contributed by atoms with Gasteiger partial charge in [-0.05, 0) is 24.5 Å². The van der Waals surface area contributed by atoms with Gasteiger partial charge in [0, 0.05) is 31.8 Å². The first-order chi connectivity index (χ1) is 14.0. The molecule has 0 amide bonds. The van der Waals surface area contributed by atoms with Gasteiger partial charge in [-0.15, -0.1) is 0 Å². The summed E-state index contributed by atoms with van der Waals surface area (Å²) in [5.41, 5.74) is 1.56. The fourth-order valence-electron chi connectivity index (χ4n) is 4.60. The van der Waals surface area contributed by atoms with Crippen LogP contribution in [0.25, 0.3) is 0 Å². The molecular formula is C22H24O8. The molecule has 3 aliphatic rings. The summed E-state index contributed by atoms with van der Waals surface area (Å²) in [6.07, 6.45) is -1.33. The summed E-state index contributed by atoms with van der Waals surface area (Å²) in [6.45, 7) is 17.9. The van der Waals surface area contributed by atoms with E-state index in [1.807, 2.05) is 0 Å². The maximum atomic E-state index is 12.4. The van der Waals surface area contributed by atoms with Crippen LogP contribution in [-0.2, 0) is 38.1 Å². The molecule has 0 N–H and O–H groups in total. The molecule has 3 rings (SSSR count). The lowest BCUT2D eigenvalue weighted by atomic mass is 9.81. The van der Waals surface area contributed by atoms with E-state index in [1.54, 1.807) is 0 Å². The summed E-state index contributed by atoms with van der Waals surface area (Å²) >= 11 is 0. The standard InChI is InChI=1S/C22H24O8/c1-9-7-17(29-22(26)12(4)27-13(5)23)19-11(3)21(25)30-20(19)18-10(2)16(8-15(9)18)28-14(6)24/h15-20H,1-4,7-8H2,5-6H3/t15-,16-,17-,18-,19+,20+/m0/s1. The number of esters is 4. The Hall–Kier alpha value is -3.16. The van der Waals surface area contributed by atoms with E-state index in [0.29, 0.717) is 12.0 Å². The van der Waals surface area contributed by atoms with E-state index >= 15 is 0 Å². The second kappa shape index (κ2) is 7.93. The van der Waals surface area contributed by atoms with Crippen molar-refractivity contribution in [2.75, 3.05) is 0 Å². The predicted molar refractivity (Wildman–Crippen MR) is 103 cm³/mol. The Balaban J connectivity index is 1.90. The topological polar surface area (TPSA) is 105 Å². The zero-order chi connectivity index (χ0) is 22.3. The van der Waals surface area contributed by atoms with Crippen LogP contribution in [0.15, 0.2) is 48.8 Å². The van der Waals surface area contributed by atoms with Crippen LogP contribution >= 0.6 is 0 Å². The van der Waals surface area contributed by atoms with Crippen LogP contribution in [0.5, 0.6) is 0 Å². The van der Waals surface area contributed by atoms with Crippen molar-refractivity contribution in [1.29, 1.82) is 0 Å². The number of carbonyl (C=O) groups is 4. The summed E-state index contributed by atoms with van der Waals surface area (Å²) in [5.74, 6) is -4.26. The molecule has 0 aromatic rings. The first-order valence-electron chi connectivity index (χ1n) is 9.52. The Morgan fingerprint density at radius 1 is 1.03 bits per heavy atom. The molecule has 1 saturated heterocycles. The molecule has 2 saturated carbocycles. The van der Waals surface area contributed by atoms with Crippen molar-refractivity contribution in [3.63, 3.8) is 0 Å². The van der Waals surface area contributed by atoms with Crippen LogP contribution in [0.2, 0.25) is 0 Å². The molecule has 30 heavy (non-hydrogen) atoms. The molecule has 0 aromatic carbocycles. The highest BCUT2D eigenvalue weighted by molar-refractivity contribution is 5.92. The first-order valence-corrected chi connectivity index (χ1v) is 9.52. The van der Waals surface area contributed by atoms with Crippen LogP contribution in [0.1, 0.15) is 26.7 Å². The van der Waals surface area contributed by atoms with E-state index in [-0.39, 0.29) is 23.8 Å². The van der Waals surface area contributed by atoms with Gasteiger partial charge in [0.2, 0.25) is 5.76 Å². The minimum Gasteiger partial charge on any atom is -0.458 e. The van der Waals surface area contributed by atoms with Crippen molar-refractivity contribution in [2.45, 2.75) is 45.0 Å². The highest BCUT2D eigenvalue weighted by Crippen LogP contribution is 2.53. The largest absolute Gasteiger partial charge is 0.458 e. The smallest absolute Gasteiger partial charge is 0.374 e. The number of hydrogen-bond donors (Lipinski definition) is 0. The third kappa shape index (κ3) is 3.81. The van der Waals surface area contributed by atoms with Crippen LogP contribution in [0.4, 0.5) is 0 Å². The lowest BCUT2D eigenvalue weighted by Crippen LogP contribution is -2.36. The van der Waals surface area contributed by atoms with Gasteiger partial charge in [0.15, 0.2) is 0 Å². The van der Waals surface area contributed by atoms with Gasteiger partial charge in [0.05, 0.1) is 5.92 Å². The second-order valence-electron chi connectivity index (χ2n) is 7.78. The Kier molecular flexibility index (Phi) is 5.70. The quantitative estimate of drug-likeness (QED) is 0.226. The summed E-state index contributed by atoms with van der Waals surface area (Å²) in [5, 5.41) is 0. The minimum atomic E-state index is -0.919. The highest BCUT2D eigenvalue weighted by Gasteiger charge is 2.57. The zero-order valence-electron chi connectivity index (χ0n) is 17.0. The van der Waals surface area contributed by atoms with Crippen LogP contribution < -0.4 is 0 Å². The number of hydrogen-bond acceptors (Lipinski definition) is 8. The fourth-order valence-corrected chi connectivity index (χ4v) is 4.60. The number of fused-ring (bicyclic) bond motifs is 3. The number of rotatable bonds is 4. The molecule has 0 unspecified atom stereocenters. The molecule has 6 atom stereocenters. The first kappa shape index (κ1) is 21.5. The molecule has 0 spiro atoms. The number of ether oxygens (including phenoxy) is 4. The summed E-state index contributed by atoms with van der Waals surface area (Å²) < 4.78 is 21.2. The molecule has 0 radical (unpaired) electrons. The van der Waals surface area contributed by atoms with Gasteiger partial charge in [-0.25, -0.2) is 9.59 Å². The lowest BCUT2D eigenvalue weighted by molar-refractivity contribution is -0.156. The Morgan fingerprint density at radius 2 is 1.70 bits per heavy atom. The van der Waals surface area contributed by atoms with Gasteiger partial charge in [0.25, 0.3) is 0 Å². The van der Waals surface area contributed by atoms with E-state index in [0.717, 1.165) is 12.5 Å². The van der Waals surface area contributed by atoms with Gasteiger partial charge >= 0.3 is 23.9 Å². The van der Waals surface area contributed by atoms with E-state index in [1.165, 1.54) is 6.92 Å². The van der Waals surface area contributed by atoms with E-state index < -0.39 is 53.9 Å². The Labute approximate surface area is 174 Å². The van der Waals surface area contributed by atoms with Crippen molar-refractivity contribution in [3.8, 4) is 0 Å². The minimum absolute atomic E-state index is 0.173. The molecule has 1 heterocycles. The summed E-state index contributed by atoms with van der Waals surface area (Å²) in [6, 6.07) is 0. The average Bonchev–Trinajstić information content (AvgIpc) is 3.06. The number of carbonyl (C=O) groups excluding carboxylic acids is 4. The zero-order valence-corrected chi connectivity index (χ0v) is 17.0. The fraction of sp³-hybridized carbons (Fsp3) is 0.455. The van der Waals surface area contributed by atoms with Crippen LogP contribution in [0.3, 0.4) is 0 Å². The van der Waals surface area contributed by atoms with E-state index in [4.69, 9.17) is 18.9 Å². The summed E-state index contributed by atoms with van der Waals surface area (Å²) in [7, 11) is 0. The molecule has 160 valence electrons. The predicted octanol–water partition coefficient (Wildman–Crippen LogP) is 2.16. The summed E-state index contributed by atoms with van der Waals surface area (Å²) in [4.78, 5) is 47.2. The Morgan fingerprint density at radius 3 is 2.30 bits per heavy atom. The van der Waals surface area contributed by atoms with Gasteiger partial charge in [-0.2, -0.15) is 0 Å². The van der Waals surface area contributed by atoms with Crippen molar-refractivity contribution in [1.82, 2.24) is 0 Å². The van der Waals surface area contributed by atoms with Gasteiger partial charge in [0.1, 0.15) is 18.3 Å².